The second kappa shape index (κ2) is 9.18. The van der Waals surface area contributed by atoms with E-state index in [4.69, 9.17) is 0 Å². The third kappa shape index (κ3) is 6.56. The summed E-state index contributed by atoms with van der Waals surface area (Å²) in [4.78, 5) is 0. The van der Waals surface area contributed by atoms with Gasteiger partial charge in [0, 0.05) is 0 Å². The fraction of sp³-hybridized carbons (Fsp3) is 0.579. The minimum Gasteiger partial charge on any atom is -0.0883 e. The van der Waals surface area contributed by atoms with Crippen molar-refractivity contribution in [3.63, 3.8) is 0 Å². The van der Waals surface area contributed by atoms with Gasteiger partial charge < -0.3 is 0 Å². The molecule has 1 atom stereocenters. The highest BCUT2D eigenvalue weighted by atomic mass is 28.3. The van der Waals surface area contributed by atoms with Gasteiger partial charge in [-0.2, -0.15) is 0 Å². The molecular weight excluding hydrogens is 256 g/mol. The molecular formula is C19H32Si. The van der Waals surface area contributed by atoms with Crippen LogP contribution < -0.4 is 5.19 Å². The molecule has 0 amide bonds. The Morgan fingerprint density at radius 3 is 2.40 bits per heavy atom. The number of allylic oxidation sites excluding steroid dienone is 2. The van der Waals surface area contributed by atoms with Crippen LogP contribution >= 0.6 is 0 Å². The first-order valence-electron chi connectivity index (χ1n) is 8.28. The molecule has 20 heavy (non-hydrogen) atoms. The normalized spacial score (nSPS) is 13.8. The summed E-state index contributed by atoms with van der Waals surface area (Å²) in [6, 6.07) is 12.5. The van der Waals surface area contributed by atoms with Gasteiger partial charge in [0.25, 0.3) is 0 Å². The van der Waals surface area contributed by atoms with Gasteiger partial charge in [0.15, 0.2) is 0 Å². The first kappa shape index (κ1) is 17.2. The molecule has 112 valence electrons. The van der Waals surface area contributed by atoms with Crippen molar-refractivity contribution in [2.24, 2.45) is 5.92 Å². The van der Waals surface area contributed by atoms with Crippen molar-refractivity contribution in [3.05, 3.63) is 42.5 Å². The standard InChI is InChI=1S/C19H32Si/c1-5-6-7-8-9-11-14-18(2)17-20(3,4)19-15-12-10-13-16-19/h10-16,18H,5-9,17H2,1-4H3/b14-11+. The quantitative estimate of drug-likeness (QED) is 0.308. The molecule has 0 aliphatic rings. The van der Waals surface area contributed by atoms with Crippen LogP contribution in [0.4, 0.5) is 0 Å². The van der Waals surface area contributed by atoms with Crippen molar-refractivity contribution in [1.29, 1.82) is 0 Å². The molecule has 1 aromatic carbocycles. The van der Waals surface area contributed by atoms with Crippen molar-refractivity contribution in [3.8, 4) is 0 Å². The van der Waals surface area contributed by atoms with Crippen molar-refractivity contribution in [2.45, 2.75) is 65.1 Å². The summed E-state index contributed by atoms with van der Waals surface area (Å²) in [6.45, 7) is 9.64. The highest BCUT2D eigenvalue weighted by Gasteiger charge is 2.24. The topological polar surface area (TPSA) is 0 Å². The predicted molar refractivity (Wildman–Crippen MR) is 95.4 cm³/mol. The third-order valence-electron chi connectivity index (χ3n) is 4.08. The molecule has 0 nitrogen and oxygen atoms in total. The van der Waals surface area contributed by atoms with E-state index in [2.05, 4.69) is 69.4 Å². The summed E-state index contributed by atoms with van der Waals surface area (Å²) in [5.74, 6) is 0.711. The molecule has 0 aromatic heterocycles. The highest BCUT2D eigenvalue weighted by Crippen LogP contribution is 2.18. The maximum absolute atomic E-state index is 2.49. The minimum absolute atomic E-state index is 0.711. The summed E-state index contributed by atoms with van der Waals surface area (Å²) < 4.78 is 0. The number of rotatable bonds is 9. The van der Waals surface area contributed by atoms with Crippen molar-refractivity contribution in [2.75, 3.05) is 0 Å². The molecule has 0 N–H and O–H groups in total. The second-order valence-electron chi connectivity index (χ2n) is 6.71. The van der Waals surface area contributed by atoms with Crippen molar-refractivity contribution in [1.82, 2.24) is 0 Å². The Balaban J connectivity index is 2.37. The predicted octanol–water partition coefficient (Wildman–Crippen LogP) is 5.76. The van der Waals surface area contributed by atoms with Crippen LogP contribution in [0.15, 0.2) is 42.5 Å². The maximum Gasteiger partial charge on any atom is 0.0812 e. The number of hydrogen-bond donors (Lipinski definition) is 0. The lowest BCUT2D eigenvalue weighted by molar-refractivity contribution is 0.672. The van der Waals surface area contributed by atoms with Crippen LogP contribution in [0.1, 0.15) is 46.0 Å². The molecule has 1 rings (SSSR count). The first-order chi connectivity index (χ1) is 9.56. The maximum atomic E-state index is 2.49. The third-order valence-corrected chi connectivity index (χ3v) is 7.64. The van der Waals surface area contributed by atoms with Crippen molar-refractivity contribution >= 4 is 13.3 Å². The molecule has 0 bridgehead atoms. The Bertz CT molecular complexity index is 378. The fourth-order valence-electron chi connectivity index (χ4n) is 2.90. The van der Waals surface area contributed by atoms with E-state index in [-0.39, 0.29) is 0 Å². The average molecular weight is 289 g/mol. The molecule has 1 aromatic rings. The van der Waals surface area contributed by atoms with E-state index in [0.29, 0.717) is 5.92 Å². The van der Waals surface area contributed by atoms with Crippen LogP contribution in [0.3, 0.4) is 0 Å². The molecule has 0 aliphatic carbocycles. The van der Waals surface area contributed by atoms with Crippen molar-refractivity contribution < 1.29 is 0 Å². The van der Waals surface area contributed by atoms with Gasteiger partial charge in [-0.05, 0) is 24.8 Å². The Kier molecular flexibility index (Phi) is 7.90. The van der Waals surface area contributed by atoms with E-state index in [0.717, 1.165) is 0 Å². The van der Waals surface area contributed by atoms with Gasteiger partial charge in [0.05, 0.1) is 8.07 Å². The van der Waals surface area contributed by atoms with Gasteiger partial charge in [-0.1, -0.05) is 93.9 Å². The second-order valence-corrected chi connectivity index (χ2v) is 11.5. The van der Waals surface area contributed by atoms with Crippen LogP contribution in [-0.4, -0.2) is 8.07 Å². The van der Waals surface area contributed by atoms with Crippen LogP contribution in [-0.2, 0) is 0 Å². The molecule has 1 heteroatoms. The largest absolute Gasteiger partial charge is 0.0883 e. The van der Waals surface area contributed by atoms with Gasteiger partial charge in [0.2, 0.25) is 0 Å². The lowest BCUT2D eigenvalue weighted by atomic mass is 10.1. The minimum atomic E-state index is -1.27. The van der Waals surface area contributed by atoms with E-state index in [1.807, 2.05) is 0 Å². The molecule has 0 radical (unpaired) electrons. The zero-order chi connectivity index (χ0) is 14.8. The summed E-state index contributed by atoms with van der Waals surface area (Å²) in [7, 11) is -1.27. The summed E-state index contributed by atoms with van der Waals surface area (Å²) >= 11 is 0. The monoisotopic (exact) mass is 288 g/mol. The van der Waals surface area contributed by atoms with E-state index < -0.39 is 8.07 Å². The Morgan fingerprint density at radius 2 is 1.75 bits per heavy atom. The van der Waals surface area contributed by atoms with Gasteiger partial charge in [-0.15, -0.1) is 0 Å². The molecule has 0 heterocycles. The van der Waals surface area contributed by atoms with E-state index in [1.54, 1.807) is 5.19 Å². The SMILES string of the molecule is CCCCCC/C=C/C(C)C[Si](C)(C)c1ccccc1. The summed E-state index contributed by atoms with van der Waals surface area (Å²) in [5.41, 5.74) is 0. The Morgan fingerprint density at radius 1 is 1.05 bits per heavy atom. The summed E-state index contributed by atoms with van der Waals surface area (Å²) in [6.07, 6.45) is 11.6. The number of unbranched alkanes of at least 4 members (excludes halogenated alkanes) is 4. The Labute approximate surface area is 127 Å². The molecule has 0 saturated heterocycles. The average Bonchev–Trinajstić information content (AvgIpc) is 2.43. The molecule has 0 spiro atoms. The number of hydrogen-bond acceptors (Lipinski definition) is 0. The van der Waals surface area contributed by atoms with Crippen LogP contribution in [0.5, 0.6) is 0 Å². The molecule has 0 aliphatic heterocycles. The molecule has 1 unspecified atom stereocenters. The van der Waals surface area contributed by atoms with Gasteiger partial charge >= 0.3 is 0 Å². The lowest BCUT2D eigenvalue weighted by Gasteiger charge is -2.25. The molecule has 0 saturated carbocycles. The first-order valence-corrected chi connectivity index (χ1v) is 11.5. The van der Waals surface area contributed by atoms with E-state index in [1.165, 1.54) is 38.1 Å². The van der Waals surface area contributed by atoms with Gasteiger partial charge in [0.1, 0.15) is 0 Å². The highest BCUT2D eigenvalue weighted by molar-refractivity contribution is 6.89. The zero-order valence-electron chi connectivity index (χ0n) is 13.9. The van der Waals surface area contributed by atoms with Crippen LogP contribution in [0.2, 0.25) is 19.1 Å². The molecule has 0 fully saturated rings. The zero-order valence-corrected chi connectivity index (χ0v) is 14.9. The van der Waals surface area contributed by atoms with Crippen LogP contribution in [0.25, 0.3) is 0 Å². The fourth-order valence-corrected chi connectivity index (χ4v) is 5.97. The number of benzene rings is 1. The van der Waals surface area contributed by atoms with Gasteiger partial charge in [-0.25, -0.2) is 0 Å². The van der Waals surface area contributed by atoms with E-state index in [9.17, 15) is 0 Å². The van der Waals surface area contributed by atoms with Gasteiger partial charge in [-0.3, -0.25) is 0 Å². The van der Waals surface area contributed by atoms with Crippen LogP contribution in [0, 0.1) is 5.92 Å². The smallest absolute Gasteiger partial charge is 0.0812 e. The Hall–Kier alpha value is -0.823. The van der Waals surface area contributed by atoms with E-state index >= 15 is 0 Å². The lowest BCUT2D eigenvalue weighted by Crippen LogP contribution is -2.42. The summed E-state index contributed by atoms with van der Waals surface area (Å²) in [5, 5.41) is 1.59.